The molecule has 1 aromatic heterocycles. The Labute approximate surface area is 155 Å². The van der Waals surface area contributed by atoms with Gasteiger partial charge in [0.1, 0.15) is 10.8 Å². The SMILES string of the molecule is COC(=O)c1ccsc1NC(=O)CN1CCN(c2ccccc2F)CC1. The maximum absolute atomic E-state index is 13.9. The van der Waals surface area contributed by atoms with Crippen molar-refractivity contribution in [3.63, 3.8) is 0 Å². The Morgan fingerprint density at radius 1 is 1.19 bits per heavy atom. The summed E-state index contributed by atoms with van der Waals surface area (Å²) in [4.78, 5) is 27.9. The standard InChI is InChI=1S/C18H20FN3O3S/c1-25-18(24)13-6-11-26-17(13)20-16(23)12-21-7-9-22(10-8-21)15-5-3-2-4-14(15)19/h2-6,11H,7-10,12H2,1H3,(H,20,23). The molecule has 0 unspecified atom stereocenters. The van der Waals surface area contributed by atoms with E-state index in [1.165, 1.54) is 24.5 Å². The fourth-order valence-electron chi connectivity index (χ4n) is 2.90. The first-order valence-electron chi connectivity index (χ1n) is 8.26. The molecule has 0 bridgehead atoms. The van der Waals surface area contributed by atoms with Gasteiger partial charge in [0.05, 0.1) is 24.9 Å². The number of nitrogens with zero attached hydrogens (tertiary/aromatic N) is 2. The van der Waals surface area contributed by atoms with Crippen molar-refractivity contribution in [3.05, 3.63) is 47.1 Å². The third kappa shape index (κ3) is 4.20. The summed E-state index contributed by atoms with van der Waals surface area (Å²) in [7, 11) is 1.31. The molecule has 2 aromatic rings. The fourth-order valence-corrected chi connectivity index (χ4v) is 3.69. The molecule has 0 atom stereocenters. The highest BCUT2D eigenvalue weighted by Gasteiger charge is 2.22. The number of nitrogens with one attached hydrogen (secondary N) is 1. The number of benzene rings is 1. The van der Waals surface area contributed by atoms with E-state index in [0.717, 1.165) is 0 Å². The van der Waals surface area contributed by atoms with Gasteiger partial charge in [-0.2, -0.15) is 0 Å². The summed E-state index contributed by atoms with van der Waals surface area (Å²) >= 11 is 1.28. The highest BCUT2D eigenvalue weighted by Crippen LogP contribution is 2.24. The molecule has 8 heteroatoms. The van der Waals surface area contributed by atoms with Crippen LogP contribution in [0.15, 0.2) is 35.7 Å². The molecule has 2 heterocycles. The van der Waals surface area contributed by atoms with Crippen LogP contribution in [-0.2, 0) is 9.53 Å². The van der Waals surface area contributed by atoms with Crippen LogP contribution in [-0.4, -0.2) is 56.6 Å². The number of para-hydroxylation sites is 1. The molecule has 0 aliphatic carbocycles. The van der Waals surface area contributed by atoms with Gasteiger partial charge in [-0.1, -0.05) is 12.1 Å². The summed E-state index contributed by atoms with van der Waals surface area (Å²) < 4.78 is 18.6. The number of halogens is 1. The zero-order valence-electron chi connectivity index (χ0n) is 14.4. The van der Waals surface area contributed by atoms with E-state index < -0.39 is 5.97 Å². The van der Waals surface area contributed by atoms with Crippen LogP contribution in [0.3, 0.4) is 0 Å². The summed E-state index contributed by atoms with van der Waals surface area (Å²) in [6.45, 7) is 2.86. The molecule has 1 saturated heterocycles. The molecule has 1 N–H and O–H groups in total. The van der Waals surface area contributed by atoms with Gasteiger partial charge in [0.15, 0.2) is 0 Å². The second-order valence-electron chi connectivity index (χ2n) is 5.92. The number of ether oxygens (including phenoxy) is 1. The van der Waals surface area contributed by atoms with Crippen LogP contribution in [0.4, 0.5) is 15.1 Å². The van der Waals surface area contributed by atoms with Crippen molar-refractivity contribution in [1.82, 2.24) is 4.90 Å². The van der Waals surface area contributed by atoms with Crippen molar-refractivity contribution in [1.29, 1.82) is 0 Å². The van der Waals surface area contributed by atoms with E-state index in [1.54, 1.807) is 23.6 Å². The van der Waals surface area contributed by atoms with E-state index in [2.05, 4.69) is 5.32 Å². The van der Waals surface area contributed by atoms with Crippen LogP contribution in [0.1, 0.15) is 10.4 Å². The fraction of sp³-hybridized carbons (Fsp3) is 0.333. The van der Waals surface area contributed by atoms with Crippen molar-refractivity contribution < 1.29 is 18.7 Å². The maximum atomic E-state index is 13.9. The first kappa shape index (κ1) is 18.3. The molecule has 138 valence electrons. The second kappa shape index (κ2) is 8.29. The van der Waals surface area contributed by atoms with E-state index >= 15 is 0 Å². The Morgan fingerprint density at radius 3 is 2.62 bits per heavy atom. The predicted molar refractivity (Wildman–Crippen MR) is 99.3 cm³/mol. The van der Waals surface area contributed by atoms with E-state index in [0.29, 0.717) is 42.4 Å². The quantitative estimate of drug-likeness (QED) is 0.811. The van der Waals surface area contributed by atoms with Crippen molar-refractivity contribution in [3.8, 4) is 0 Å². The summed E-state index contributed by atoms with van der Waals surface area (Å²) in [5.41, 5.74) is 0.952. The van der Waals surface area contributed by atoms with E-state index in [4.69, 9.17) is 4.74 Å². The highest BCUT2D eigenvalue weighted by molar-refractivity contribution is 7.14. The van der Waals surface area contributed by atoms with Gasteiger partial charge in [-0.05, 0) is 23.6 Å². The number of carbonyl (C=O) groups excluding carboxylic acids is 2. The number of carbonyl (C=O) groups is 2. The topological polar surface area (TPSA) is 61.9 Å². The average molecular weight is 377 g/mol. The monoisotopic (exact) mass is 377 g/mol. The van der Waals surface area contributed by atoms with E-state index in [-0.39, 0.29) is 18.3 Å². The molecular weight excluding hydrogens is 357 g/mol. The molecule has 1 fully saturated rings. The first-order valence-corrected chi connectivity index (χ1v) is 9.14. The molecule has 1 aliphatic heterocycles. The summed E-state index contributed by atoms with van der Waals surface area (Å²) in [5.74, 6) is -0.885. The summed E-state index contributed by atoms with van der Waals surface area (Å²) in [5, 5.41) is 4.99. The number of thiophene rings is 1. The van der Waals surface area contributed by atoms with Crippen LogP contribution < -0.4 is 10.2 Å². The second-order valence-corrected chi connectivity index (χ2v) is 6.83. The number of hydrogen-bond acceptors (Lipinski definition) is 6. The number of methoxy groups -OCH3 is 1. The Hall–Kier alpha value is -2.45. The number of hydrogen-bond donors (Lipinski definition) is 1. The normalized spacial score (nSPS) is 14.9. The average Bonchev–Trinajstić information content (AvgIpc) is 3.10. The van der Waals surface area contributed by atoms with Crippen molar-refractivity contribution in [2.45, 2.75) is 0 Å². The van der Waals surface area contributed by atoms with Gasteiger partial charge in [-0.3, -0.25) is 9.69 Å². The van der Waals surface area contributed by atoms with Crippen molar-refractivity contribution in [2.24, 2.45) is 0 Å². The van der Waals surface area contributed by atoms with E-state index in [9.17, 15) is 14.0 Å². The number of anilines is 2. The third-order valence-corrected chi connectivity index (χ3v) is 5.09. The Balaban J connectivity index is 1.52. The summed E-state index contributed by atoms with van der Waals surface area (Å²) in [6, 6.07) is 8.34. The van der Waals surface area contributed by atoms with Crippen LogP contribution in [0.25, 0.3) is 0 Å². The van der Waals surface area contributed by atoms with Crippen LogP contribution >= 0.6 is 11.3 Å². The molecule has 0 spiro atoms. The molecular formula is C18H20FN3O3S. The molecule has 0 saturated carbocycles. The highest BCUT2D eigenvalue weighted by atomic mass is 32.1. The molecule has 26 heavy (non-hydrogen) atoms. The van der Waals surface area contributed by atoms with Gasteiger partial charge in [-0.25, -0.2) is 9.18 Å². The number of amides is 1. The van der Waals surface area contributed by atoms with Gasteiger partial charge in [-0.15, -0.1) is 11.3 Å². The smallest absolute Gasteiger partial charge is 0.340 e. The van der Waals surface area contributed by atoms with Gasteiger partial charge < -0.3 is 15.0 Å². The van der Waals surface area contributed by atoms with Crippen LogP contribution in [0, 0.1) is 5.82 Å². The minimum atomic E-state index is -0.472. The van der Waals surface area contributed by atoms with Crippen LogP contribution in [0.2, 0.25) is 0 Å². The Kier molecular flexibility index (Phi) is 5.85. The minimum absolute atomic E-state index is 0.183. The maximum Gasteiger partial charge on any atom is 0.340 e. The van der Waals surface area contributed by atoms with E-state index in [1.807, 2.05) is 15.9 Å². The van der Waals surface area contributed by atoms with Gasteiger partial charge in [0, 0.05) is 26.2 Å². The first-order chi connectivity index (χ1) is 12.6. The largest absolute Gasteiger partial charge is 0.465 e. The zero-order chi connectivity index (χ0) is 18.5. The van der Waals surface area contributed by atoms with Gasteiger partial charge >= 0.3 is 5.97 Å². The van der Waals surface area contributed by atoms with Gasteiger partial charge in [0.25, 0.3) is 0 Å². The Bertz CT molecular complexity index is 787. The predicted octanol–water partition coefficient (Wildman–Crippen LogP) is 2.43. The third-order valence-electron chi connectivity index (χ3n) is 4.26. The van der Waals surface area contributed by atoms with Crippen LogP contribution in [0.5, 0.6) is 0 Å². The molecule has 0 radical (unpaired) electrons. The molecule has 6 nitrogen and oxygen atoms in total. The molecule has 1 amide bonds. The number of esters is 1. The zero-order valence-corrected chi connectivity index (χ0v) is 15.2. The van der Waals surface area contributed by atoms with Crippen molar-refractivity contribution >= 4 is 33.9 Å². The Morgan fingerprint density at radius 2 is 1.92 bits per heavy atom. The number of piperazine rings is 1. The lowest BCUT2D eigenvalue weighted by Crippen LogP contribution is -2.48. The lowest BCUT2D eigenvalue weighted by Gasteiger charge is -2.35. The lowest BCUT2D eigenvalue weighted by molar-refractivity contribution is -0.117. The minimum Gasteiger partial charge on any atom is -0.465 e. The molecule has 1 aliphatic rings. The summed E-state index contributed by atoms with van der Waals surface area (Å²) in [6.07, 6.45) is 0. The molecule has 1 aromatic carbocycles. The van der Waals surface area contributed by atoms with Crippen molar-refractivity contribution in [2.75, 3.05) is 50.1 Å². The number of rotatable bonds is 5. The van der Waals surface area contributed by atoms with Gasteiger partial charge in [0.2, 0.25) is 5.91 Å². The molecule has 3 rings (SSSR count). The lowest BCUT2D eigenvalue weighted by atomic mass is 10.2.